The van der Waals surface area contributed by atoms with E-state index in [4.69, 9.17) is 18.9 Å². The van der Waals surface area contributed by atoms with E-state index in [0.29, 0.717) is 0 Å². The van der Waals surface area contributed by atoms with Gasteiger partial charge in [-0.05, 0) is 22.3 Å². The Morgan fingerprint density at radius 1 is 0.575 bits per heavy atom. The topological polar surface area (TPSA) is 77.8 Å². The average molecular weight is 536 g/mol. The summed E-state index contributed by atoms with van der Waals surface area (Å²) in [6.45, 7) is 0.615. The van der Waals surface area contributed by atoms with E-state index in [0.717, 1.165) is 22.3 Å². The Kier molecular flexibility index (Phi) is 11.6. The first-order valence-electron chi connectivity index (χ1n) is 13.2. The molecule has 0 bridgehead atoms. The zero-order valence-corrected chi connectivity index (χ0v) is 22.3. The molecule has 6 nitrogen and oxygen atoms in total. The van der Waals surface area contributed by atoms with E-state index in [9.17, 15) is 10.1 Å². The highest BCUT2D eigenvalue weighted by Crippen LogP contribution is 2.20. The molecule has 4 rings (SSSR count). The smallest absolute Gasteiger partial charge is 0.189 e. The number of nitriles is 1. The lowest BCUT2D eigenvalue weighted by Gasteiger charge is -2.30. The van der Waals surface area contributed by atoms with Crippen LogP contribution in [-0.2, 0) is 50.2 Å². The van der Waals surface area contributed by atoms with E-state index in [2.05, 4.69) is 6.07 Å². The van der Waals surface area contributed by atoms with Gasteiger partial charge in [0.05, 0.1) is 32.5 Å². The number of nitrogens with zero attached hydrogens (tertiary/aromatic N) is 1. The molecule has 0 fully saturated rings. The van der Waals surface area contributed by atoms with Crippen molar-refractivity contribution in [1.82, 2.24) is 0 Å². The Labute approximate surface area is 235 Å². The van der Waals surface area contributed by atoms with Crippen molar-refractivity contribution in [2.45, 2.75) is 44.7 Å². The summed E-state index contributed by atoms with van der Waals surface area (Å²) in [5.74, 6) is -0.325. The summed E-state index contributed by atoms with van der Waals surface area (Å²) in [5, 5.41) is 10.2. The van der Waals surface area contributed by atoms with Crippen LogP contribution in [0.15, 0.2) is 121 Å². The van der Waals surface area contributed by atoms with Gasteiger partial charge in [-0.2, -0.15) is 5.26 Å². The number of ether oxygens (including phenoxy) is 4. The molecule has 0 aromatic heterocycles. The van der Waals surface area contributed by atoms with Crippen LogP contribution in [0.1, 0.15) is 22.3 Å². The standard InChI is InChI=1S/C34H33NO5/c35-21-32(38-23-28-15-7-2-8-16-28)34(40-25-30-19-11-4-12-20-30)33(39-24-29-17-9-3-10-18-29)31(36)26-37-22-27-13-5-1-6-14-27/h1-20,32-34H,22-26H2/t32-,33-,34+/m0/s1. The fourth-order valence-corrected chi connectivity index (χ4v) is 4.12. The van der Waals surface area contributed by atoms with Crippen molar-refractivity contribution < 1.29 is 23.7 Å². The maximum absolute atomic E-state index is 13.6. The van der Waals surface area contributed by atoms with Crippen molar-refractivity contribution in [2.24, 2.45) is 0 Å². The molecule has 6 heteroatoms. The molecular formula is C34H33NO5. The van der Waals surface area contributed by atoms with Gasteiger partial charge in [0, 0.05) is 0 Å². The lowest BCUT2D eigenvalue weighted by atomic mass is 10.0. The van der Waals surface area contributed by atoms with Crippen LogP contribution >= 0.6 is 0 Å². The number of benzene rings is 4. The third kappa shape index (κ3) is 9.26. The highest BCUT2D eigenvalue weighted by Gasteiger charge is 2.37. The molecule has 3 atom stereocenters. The van der Waals surface area contributed by atoms with E-state index in [1.165, 1.54) is 0 Å². The molecule has 0 amide bonds. The first-order chi connectivity index (χ1) is 19.7. The Morgan fingerprint density at radius 2 is 0.975 bits per heavy atom. The van der Waals surface area contributed by atoms with Gasteiger partial charge in [0.25, 0.3) is 0 Å². The van der Waals surface area contributed by atoms with Crippen molar-refractivity contribution >= 4 is 5.78 Å². The second-order valence-electron chi connectivity index (χ2n) is 9.27. The number of ketones is 1. The molecule has 0 unspecified atom stereocenters. The summed E-state index contributed by atoms with van der Waals surface area (Å²) in [6.07, 6.45) is -3.16. The minimum absolute atomic E-state index is 0.165. The number of Topliss-reactive ketones (excluding diaryl/α,β-unsaturated/α-hetero) is 1. The summed E-state index contributed by atoms with van der Waals surface area (Å²) in [4.78, 5) is 13.6. The lowest BCUT2D eigenvalue weighted by Crippen LogP contribution is -2.47. The fourth-order valence-electron chi connectivity index (χ4n) is 4.12. The molecule has 0 aliphatic heterocycles. The van der Waals surface area contributed by atoms with Gasteiger partial charge in [0.2, 0.25) is 0 Å². The molecule has 0 aliphatic carbocycles. The zero-order valence-electron chi connectivity index (χ0n) is 22.3. The van der Waals surface area contributed by atoms with Crippen LogP contribution in [0.4, 0.5) is 0 Å². The van der Waals surface area contributed by atoms with Crippen LogP contribution in [0.5, 0.6) is 0 Å². The second-order valence-corrected chi connectivity index (χ2v) is 9.27. The van der Waals surface area contributed by atoms with Crippen molar-refractivity contribution in [2.75, 3.05) is 6.61 Å². The highest BCUT2D eigenvalue weighted by atomic mass is 16.6. The van der Waals surface area contributed by atoms with Crippen LogP contribution in [0.3, 0.4) is 0 Å². The van der Waals surface area contributed by atoms with E-state index < -0.39 is 18.3 Å². The van der Waals surface area contributed by atoms with Gasteiger partial charge < -0.3 is 18.9 Å². The van der Waals surface area contributed by atoms with Crippen LogP contribution < -0.4 is 0 Å². The van der Waals surface area contributed by atoms with Crippen LogP contribution in [0.2, 0.25) is 0 Å². The van der Waals surface area contributed by atoms with Gasteiger partial charge in [-0.3, -0.25) is 4.79 Å². The average Bonchev–Trinajstić information content (AvgIpc) is 3.01. The van der Waals surface area contributed by atoms with Gasteiger partial charge in [0.1, 0.15) is 18.8 Å². The zero-order chi connectivity index (χ0) is 27.8. The van der Waals surface area contributed by atoms with Gasteiger partial charge in [-0.15, -0.1) is 0 Å². The molecule has 40 heavy (non-hydrogen) atoms. The Morgan fingerprint density at radius 3 is 1.43 bits per heavy atom. The predicted molar refractivity (Wildman–Crippen MR) is 152 cm³/mol. The SMILES string of the molecule is N#C[C@H](OCc1ccccc1)[C@@H](OCc1ccccc1)[C@@H](OCc1ccccc1)C(=O)COCc1ccccc1. The van der Waals surface area contributed by atoms with Crippen molar-refractivity contribution in [1.29, 1.82) is 5.26 Å². The van der Waals surface area contributed by atoms with E-state index in [-0.39, 0.29) is 38.8 Å². The lowest BCUT2D eigenvalue weighted by molar-refractivity contribution is -0.163. The maximum Gasteiger partial charge on any atom is 0.189 e. The van der Waals surface area contributed by atoms with E-state index in [1.807, 2.05) is 121 Å². The quantitative estimate of drug-likeness (QED) is 0.174. The number of rotatable bonds is 16. The van der Waals surface area contributed by atoms with Gasteiger partial charge in [0.15, 0.2) is 11.9 Å². The van der Waals surface area contributed by atoms with Crippen molar-refractivity contribution in [3.8, 4) is 6.07 Å². The Bertz CT molecular complexity index is 1310. The molecule has 0 N–H and O–H groups in total. The van der Waals surface area contributed by atoms with Gasteiger partial charge in [-0.1, -0.05) is 121 Å². The first-order valence-corrected chi connectivity index (χ1v) is 13.2. The number of hydrogen-bond acceptors (Lipinski definition) is 6. The molecule has 0 heterocycles. The molecule has 4 aromatic rings. The molecule has 0 saturated carbocycles. The van der Waals surface area contributed by atoms with Crippen LogP contribution in [-0.4, -0.2) is 30.7 Å². The summed E-state index contributed by atoms with van der Waals surface area (Å²) in [6, 6.07) is 40.5. The number of hydrogen-bond donors (Lipinski definition) is 0. The second kappa shape index (κ2) is 16.1. The summed E-state index contributed by atoms with van der Waals surface area (Å²) < 4.78 is 24.2. The van der Waals surface area contributed by atoms with Crippen LogP contribution in [0.25, 0.3) is 0 Å². The molecule has 0 radical (unpaired) electrons. The summed E-state index contributed by atoms with van der Waals surface area (Å²) in [7, 11) is 0. The predicted octanol–water partition coefficient (Wildman–Crippen LogP) is 6.05. The van der Waals surface area contributed by atoms with Gasteiger partial charge >= 0.3 is 0 Å². The minimum Gasteiger partial charge on any atom is -0.369 e. The molecular weight excluding hydrogens is 502 g/mol. The van der Waals surface area contributed by atoms with Crippen molar-refractivity contribution in [3.05, 3.63) is 144 Å². The number of carbonyl (C=O) groups excluding carboxylic acids is 1. The third-order valence-corrected chi connectivity index (χ3v) is 6.23. The monoisotopic (exact) mass is 535 g/mol. The first kappa shape index (κ1) is 28.9. The van der Waals surface area contributed by atoms with E-state index in [1.54, 1.807) is 0 Å². The Hall–Kier alpha value is -4.12. The van der Waals surface area contributed by atoms with Gasteiger partial charge in [-0.25, -0.2) is 0 Å². The maximum atomic E-state index is 13.6. The molecule has 204 valence electrons. The highest BCUT2D eigenvalue weighted by molar-refractivity contribution is 5.85. The number of carbonyl (C=O) groups is 1. The third-order valence-electron chi connectivity index (χ3n) is 6.23. The van der Waals surface area contributed by atoms with Crippen molar-refractivity contribution in [3.63, 3.8) is 0 Å². The minimum atomic E-state index is -1.10. The fraction of sp³-hybridized carbons (Fsp3) is 0.235. The molecule has 0 aliphatic rings. The Balaban J connectivity index is 1.54. The molecule has 0 spiro atoms. The molecule has 0 saturated heterocycles. The molecule has 4 aromatic carbocycles. The summed E-state index contributed by atoms with van der Waals surface area (Å²) in [5.41, 5.74) is 3.66. The normalized spacial score (nSPS) is 13.2. The van der Waals surface area contributed by atoms with Crippen LogP contribution in [0, 0.1) is 11.3 Å². The van der Waals surface area contributed by atoms with E-state index >= 15 is 0 Å². The largest absolute Gasteiger partial charge is 0.369 e. The summed E-state index contributed by atoms with van der Waals surface area (Å²) >= 11 is 0.